The van der Waals surface area contributed by atoms with E-state index in [1.165, 1.54) is 6.20 Å². The van der Waals surface area contributed by atoms with Crippen molar-refractivity contribution in [2.45, 2.75) is 12.6 Å². The van der Waals surface area contributed by atoms with E-state index in [0.717, 1.165) is 4.47 Å². The van der Waals surface area contributed by atoms with Gasteiger partial charge in [0, 0.05) is 21.7 Å². The maximum atomic E-state index is 10.7. The Balaban J connectivity index is 1.72. The third-order valence-electron chi connectivity index (χ3n) is 2.70. The zero-order valence-electron chi connectivity index (χ0n) is 10.1. The second-order valence-corrected chi connectivity index (χ2v) is 5.07. The quantitative estimate of drug-likeness (QED) is 0.624. The summed E-state index contributed by atoms with van der Waals surface area (Å²) < 4.78 is 13.4. The van der Waals surface area contributed by atoms with Crippen molar-refractivity contribution in [1.82, 2.24) is 14.5 Å². The molecule has 1 aliphatic rings. The number of hydrogen-bond acceptors (Lipinski definition) is 6. The van der Waals surface area contributed by atoms with Crippen molar-refractivity contribution < 1.29 is 14.4 Å². The van der Waals surface area contributed by atoms with Gasteiger partial charge in [-0.1, -0.05) is 0 Å². The number of ether oxygens (including phenoxy) is 2. The summed E-state index contributed by atoms with van der Waals surface area (Å²) in [7, 11) is 0. The SMILES string of the molecule is O=[N+]([O-])c1cn2c(n1)OC[C@@H](Oc1ccc(Br)cn1)C2. The molecule has 8 nitrogen and oxygen atoms in total. The van der Waals surface area contributed by atoms with Crippen LogP contribution in [0.25, 0.3) is 0 Å². The van der Waals surface area contributed by atoms with Gasteiger partial charge in [-0.15, -0.1) is 0 Å². The average molecular weight is 341 g/mol. The van der Waals surface area contributed by atoms with E-state index in [1.54, 1.807) is 16.8 Å². The van der Waals surface area contributed by atoms with Crippen LogP contribution in [0.2, 0.25) is 0 Å². The molecule has 1 atom stereocenters. The summed E-state index contributed by atoms with van der Waals surface area (Å²) in [5.41, 5.74) is 0. The molecule has 3 heterocycles. The molecule has 0 saturated carbocycles. The fourth-order valence-corrected chi connectivity index (χ4v) is 2.07. The highest BCUT2D eigenvalue weighted by Crippen LogP contribution is 2.23. The number of halogens is 1. The molecule has 1 aliphatic heterocycles. The second-order valence-electron chi connectivity index (χ2n) is 4.16. The minimum atomic E-state index is -0.555. The molecule has 0 radical (unpaired) electrons. The number of hydrogen-bond donors (Lipinski definition) is 0. The molecule has 2 aromatic heterocycles. The average Bonchev–Trinajstić information content (AvgIpc) is 2.85. The Morgan fingerprint density at radius 2 is 2.40 bits per heavy atom. The first-order valence-electron chi connectivity index (χ1n) is 5.74. The van der Waals surface area contributed by atoms with E-state index in [9.17, 15) is 10.1 Å². The molecule has 2 aromatic rings. The summed E-state index contributed by atoms with van der Waals surface area (Å²) in [5, 5.41) is 10.7. The lowest BCUT2D eigenvalue weighted by Crippen LogP contribution is -2.34. The van der Waals surface area contributed by atoms with Crippen LogP contribution in [0.3, 0.4) is 0 Å². The molecule has 9 heteroatoms. The van der Waals surface area contributed by atoms with Gasteiger partial charge in [0.15, 0.2) is 6.10 Å². The highest BCUT2D eigenvalue weighted by atomic mass is 79.9. The van der Waals surface area contributed by atoms with Gasteiger partial charge >= 0.3 is 11.8 Å². The van der Waals surface area contributed by atoms with Crippen LogP contribution in [0.5, 0.6) is 11.9 Å². The van der Waals surface area contributed by atoms with Crippen LogP contribution in [0.1, 0.15) is 0 Å². The molecule has 0 fully saturated rings. The van der Waals surface area contributed by atoms with Crippen LogP contribution >= 0.6 is 15.9 Å². The lowest BCUT2D eigenvalue weighted by molar-refractivity contribution is -0.389. The minimum absolute atomic E-state index is 0.234. The summed E-state index contributed by atoms with van der Waals surface area (Å²) in [4.78, 5) is 18.0. The highest BCUT2D eigenvalue weighted by Gasteiger charge is 2.28. The fourth-order valence-electron chi connectivity index (χ4n) is 1.83. The van der Waals surface area contributed by atoms with Crippen molar-refractivity contribution in [2.75, 3.05) is 6.61 Å². The molecule has 104 valence electrons. The molecule has 0 unspecified atom stereocenters. The third-order valence-corrected chi connectivity index (χ3v) is 3.17. The van der Waals surface area contributed by atoms with Gasteiger partial charge in [0.2, 0.25) is 5.88 Å². The Labute approximate surface area is 121 Å². The monoisotopic (exact) mass is 340 g/mol. The molecular formula is C11H9BrN4O4. The Bertz CT molecular complexity index is 642. The van der Waals surface area contributed by atoms with Crippen molar-refractivity contribution in [3.8, 4) is 11.9 Å². The zero-order chi connectivity index (χ0) is 14.1. The predicted octanol–water partition coefficient (Wildman–Crippen LogP) is 1.79. The van der Waals surface area contributed by atoms with Crippen LogP contribution in [0.4, 0.5) is 5.82 Å². The first kappa shape index (κ1) is 12.9. The standard InChI is InChI=1S/C11H9BrN4O4/c12-7-1-2-10(13-3-7)20-8-4-15-5-9(16(17)18)14-11(15)19-6-8/h1-3,5,8H,4,6H2/t8-/m0/s1. The van der Waals surface area contributed by atoms with Crippen LogP contribution in [-0.2, 0) is 6.54 Å². The van der Waals surface area contributed by atoms with E-state index >= 15 is 0 Å². The van der Waals surface area contributed by atoms with Gasteiger partial charge in [0.25, 0.3) is 0 Å². The van der Waals surface area contributed by atoms with E-state index in [0.29, 0.717) is 12.4 Å². The van der Waals surface area contributed by atoms with Gasteiger partial charge in [0.1, 0.15) is 12.8 Å². The van der Waals surface area contributed by atoms with Crippen molar-refractivity contribution >= 4 is 21.7 Å². The number of rotatable bonds is 3. The number of nitro groups is 1. The summed E-state index contributed by atoms with van der Waals surface area (Å²) in [6.07, 6.45) is 2.69. The van der Waals surface area contributed by atoms with Gasteiger partial charge in [-0.2, -0.15) is 0 Å². The summed E-state index contributed by atoms with van der Waals surface area (Å²) >= 11 is 3.29. The third kappa shape index (κ3) is 2.57. The largest absolute Gasteiger partial charge is 0.469 e. The lowest BCUT2D eigenvalue weighted by atomic mass is 10.3. The number of pyridine rings is 1. The molecular weight excluding hydrogens is 332 g/mol. The first-order valence-corrected chi connectivity index (χ1v) is 6.53. The zero-order valence-corrected chi connectivity index (χ0v) is 11.7. The van der Waals surface area contributed by atoms with Crippen molar-refractivity contribution in [2.24, 2.45) is 0 Å². The fraction of sp³-hybridized carbons (Fsp3) is 0.273. The van der Waals surface area contributed by atoms with Gasteiger partial charge in [0.05, 0.1) is 6.54 Å². The summed E-state index contributed by atoms with van der Waals surface area (Å²) in [6.45, 7) is 0.694. The van der Waals surface area contributed by atoms with Gasteiger partial charge in [-0.3, -0.25) is 4.57 Å². The van der Waals surface area contributed by atoms with E-state index in [-0.39, 0.29) is 24.5 Å². The molecule has 20 heavy (non-hydrogen) atoms. The highest BCUT2D eigenvalue weighted by molar-refractivity contribution is 9.10. The Morgan fingerprint density at radius 3 is 3.10 bits per heavy atom. The number of aromatic nitrogens is 3. The Morgan fingerprint density at radius 1 is 1.55 bits per heavy atom. The smallest absolute Gasteiger partial charge is 0.414 e. The van der Waals surface area contributed by atoms with Crippen LogP contribution in [0, 0.1) is 10.1 Å². The molecule has 0 aromatic carbocycles. The number of fused-ring (bicyclic) bond motifs is 1. The summed E-state index contributed by atoms with van der Waals surface area (Å²) in [5.74, 6) is 0.238. The molecule has 0 saturated heterocycles. The Hall–Kier alpha value is -2.16. The topological polar surface area (TPSA) is 92.3 Å². The molecule has 0 N–H and O–H groups in total. The molecule has 0 spiro atoms. The van der Waals surface area contributed by atoms with Crippen LogP contribution in [-0.4, -0.2) is 32.2 Å². The number of imidazole rings is 1. The Kier molecular flexibility index (Phi) is 3.26. The predicted molar refractivity (Wildman–Crippen MR) is 70.7 cm³/mol. The van der Waals surface area contributed by atoms with E-state index in [4.69, 9.17) is 9.47 Å². The van der Waals surface area contributed by atoms with E-state index in [1.807, 2.05) is 6.07 Å². The van der Waals surface area contributed by atoms with Crippen molar-refractivity contribution in [3.05, 3.63) is 39.1 Å². The lowest BCUT2D eigenvalue weighted by Gasteiger charge is -2.22. The maximum absolute atomic E-state index is 10.7. The number of nitrogens with zero attached hydrogens (tertiary/aromatic N) is 4. The minimum Gasteiger partial charge on any atom is -0.469 e. The van der Waals surface area contributed by atoms with E-state index in [2.05, 4.69) is 25.9 Å². The van der Waals surface area contributed by atoms with E-state index < -0.39 is 4.92 Å². The van der Waals surface area contributed by atoms with Gasteiger partial charge in [-0.05, 0) is 26.9 Å². The van der Waals surface area contributed by atoms with Crippen LogP contribution < -0.4 is 9.47 Å². The van der Waals surface area contributed by atoms with Crippen molar-refractivity contribution in [3.63, 3.8) is 0 Å². The summed E-state index contributed by atoms with van der Waals surface area (Å²) in [6, 6.07) is 3.79. The molecule has 3 rings (SSSR count). The molecule has 0 aliphatic carbocycles. The van der Waals surface area contributed by atoms with Crippen LogP contribution in [0.15, 0.2) is 29.0 Å². The first-order chi connectivity index (χ1) is 9.61. The van der Waals surface area contributed by atoms with Crippen molar-refractivity contribution in [1.29, 1.82) is 0 Å². The van der Waals surface area contributed by atoms with Gasteiger partial charge in [-0.25, -0.2) is 4.98 Å². The molecule has 0 bridgehead atoms. The molecule has 0 amide bonds. The second kappa shape index (κ2) is 5.08. The maximum Gasteiger partial charge on any atom is 0.414 e. The normalized spacial score (nSPS) is 17.1. The van der Waals surface area contributed by atoms with Gasteiger partial charge < -0.3 is 19.6 Å².